The fraction of sp³-hybridized carbons (Fsp3) is 0.278. The Morgan fingerprint density at radius 2 is 1.76 bits per heavy atom. The van der Waals surface area contributed by atoms with Gasteiger partial charge in [-0.15, -0.1) is 0 Å². The van der Waals surface area contributed by atoms with E-state index in [0.717, 1.165) is 36.1 Å². The zero-order valence-corrected chi connectivity index (χ0v) is 12.0. The van der Waals surface area contributed by atoms with E-state index >= 15 is 0 Å². The van der Waals surface area contributed by atoms with E-state index in [2.05, 4.69) is 0 Å². The summed E-state index contributed by atoms with van der Waals surface area (Å²) < 4.78 is 0. The van der Waals surface area contributed by atoms with Crippen LogP contribution < -0.4 is 5.73 Å². The molecule has 0 aliphatic carbocycles. The number of benzene rings is 2. The summed E-state index contributed by atoms with van der Waals surface area (Å²) in [6.07, 6.45) is 1.72. The topological polar surface area (TPSA) is 46.3 Å². The molecule has 3 heteroatoms. The first-order chi connectivity index (χ1) is 10.3. The summed E-state index contributed by atoms with van der Waals surface area (Å²) >= 11 is 0. The summed E-state index contributed by atoms with van der Waals surface area (Å²) in [5, 5.41) is 0. The zero-order valence-electron chi connectivity index (χ0n) is 12.0. The van der Waals surface area contributed by atoms with Crippen molar-refractivity contribution in [2.75, 3.05) is 13.1 Å². The fourth-order valence-electron chi connectivity index (χ4n) is 2.85. The highest BCUT2D eigenvalue weighted by Crippen LogP contribution is 2.20. The molecular weight excluding hydrogens is 260 g/mol. The smallest absolute Gasteiger partial charge is 0.254 e. The van der Waals surface area contributed by atoms with E-state index in [9.17, 15) is 4.79 Å². The molecule has 1 heterocycles. The molecule has 0 radical (unpaired) electrons. The molecule has 0 spiro atoms. The van der Waals surface area contributed by atoms with Gasteiger partial charge in [-0.25, -0.2) is 0 Å². The van der Waals surface area contributed by atoms with Gasteiger partial charge in [-0.05, 0) is 30.0 Å². The predicted octanol–water partition coefficient (Wildman–Crippen LogP) is 2.78. The molecule has 0 fully saturated rings. The number of hydrogen-bond acceptors (Lipinski definition) is 2. The average molecular weight is 280 g/mol. The van der Waals surface area contributed by atoms with Crippen LogP contribution in [0.3, 0.4) is 0 Å². The van der Waals surface area contributed by atoms with Gasteiger partial charge in [-0.3, -0.25) is 4.79 Å². The SMILES string of the molecule is NC(CCN1CCc2ccccc2C1=O)c1ccccc1. The van der Waals surface area contributed by atoms with Crippen molar-refractivity contribution in [2.24, 2.45) is 5.73 Å². The Kier molecular flexibility index (Phi) is 4.02. The van der Waals surface area contributed by atoms with E-state index in [1.54, 1.807) is 0 Å². The maximum Gasteiger partial charge on any atom is 0.254 e. The van der Waals surface area contributed by atoms with Crippen molar-refractivity contribution in [3.63, 3.8) is 0 Å². The van der Waals surface area contributed by atoms with Gasteiger partial charge < -0.3 is 10.6 Å². The Balaban J connectivity index is 1.63. The molecule has 0 bridgehead atoms. The van der Waals surface area contributed by atoms with Crippen molar-refractivity contribution < 1.29 is 4.79 Å². The standard InChI is InChI=1S/C18H20N2O/c19-17(15-7-2-1-3-8-15)11-13-20-12-10-14-6-4-5-9-16(14)18(20)21/h1-9,17H,10-13,19H2. The molecule has 21 heavy (non-hydrogen) atoms. The van der Waals surface area contributed by atoms with Crippen LogP contribution in [0.4, 0.5) is 0 Å². The molecule has 2 aromatic carbocycles. The largest absolute Gasteiger partial charge is 0.338 e. The minimum Gasteiger partial charge on any atom is -0.338 e. The lowest BCUT2D eigenvalue weighted by Gasteiger charge is -2.29. The molecule has 2 N–H and O–H groups in total. The summed E-state index contributed by atoms with van der Waals surface area (Å²) in [6.45, 7) is 1.50. The Morgan fingerprint density at radius 1 is 1.05 bits per heavy atom. The predicted molar refractivity (Wildman–Crippen MR) is 84.0 cm³/mol. The molecular formula is C18H20N2O. The van der Waals surface area contributed by atoms with Gasteiger partial charge >= 0.3 is 0 Å². The van der Waals surface area contributed by atoms with Gasteiger partial charge in [-0.2, -0.15) is 0 Å². The first-order valence-corrected chi connectivity index (χ1v) is 7.43. The van der Waals surface area contributed by atoms with Gasteiger partial charge in [0.05, 0.1) is 0 Å². The van der Waals surface area contributed by atoms with Crippen LogP contribution in [0.15, 0.2) is 54.6 Å². The summed E-state index contributed by atoms with van der Waals surface area (Å²) in [4.78, 5) is 14.4. The minimum absolute atomic E-state index is 0.0174. The molecule has 1 amide bonds. The second-order valence-electron chi connectivity index (χ2n) is 5.51. The number of nitrogens with two attached hydrogens (primary N) is 1. The molecule has 1 unspecified atom stereocenters. The number of carbonyl (C=O) groups excluding carboxylic acids is 1. The highest BCUT2D eigenvalue weighted by Gasteiger charge is 2.23. The molecule has 0 aromatic heterocycles. The van der Waals surface area contributed by atoms with Crippen LogP contribution in [-0.4, -0.2) is 23.9 Å². The number of amides is 1. The highest BCUT2D eigenvalue weighted by molar-refractivity contribution is 5.96. The van der Waals surface area contributed by atoms with Crippen LogP contribution in [0.2, 0.25) is 0 Å². The second-order valence-corrected chi connectivity index (χ2v) is 5.51. The van der Waals surface area contributed by atoms with Crippen LogP contribution >= 0.6 is 0 Å². The number of fused-ring (bicyclic) bond motifs is 1. The van der Waals surface area contributed by atoms with E-state index < -0.39 is 0 Å². The van der Waals surface area contributed by atoms with Crippen LogP contribution in [0, 0.1) is 0 Å². The Hall–Kier alpha value is -2.13. The molecule has 0 saturated carbocycles. The molecule has 3 rings (SSSR count). The number of carbonyl (C=O) groups is 1. The Bertz CT molecular complexity index is 624. The molecule has 1 aliphatic heterocycles. The molecule has 3 nitrogen and oxygen atoms in total. The number of hydrogen-bond donors (Lipinski definition) is 1. The molecule has 1 aliphatic rings. The quantitative estimate of drug-likeness (QED) is 0.936. The van der Waals surface area contributed by atoms with E-state index in [-0.39, 0.29) is 11.9 Å². The minimum atomic E-state index is -0.0174. The van der Waals surface area contributed by atoms with Crippen LogP contribution in [-0.2, 0) is 6.42 Å². The molecule has 2 aromatic rings. The van der Waals surface area contributed by atoms with Crippen molar-refractivity contribution in [3.8, 4) is 0 Å². The van der Waals surface area contributed by atoms with Gasteiger partial charge in [0.25, 0.3) is 5.91 Å². The Labute approximate surface area is 125 Å². The first-order valence-electron chi connectivity index (χ1n) is 7.43. The van der Waals surface area contributed by atoms with E-state index in [0.29, 0.717) is 6.54 Å². The third-order valence-corrected chi connectivity index (χ3v) is 4.12. The lowest BCUT2D eigenvalue weighted by atomic mass is 9.98. The van der Waals surface area contributed by atoms with Gasteiger partial charge in [0, 0.05) is 24.7 Å². The molecule has 1 atom stereocenters. The van der Waals surface area contributed by atoms with Gasteiger partial charge in [0.2, 0.25) is 0 Å². The maximum atomic E-state index is 12.5. The fourth-order valence-corrected chi connectivity index (χ4v) is 2.85. The summed E-state index contributed by atoms with van der Waals surface area (Å²) in [7, 11) is 0. The third-order valence-electron chi connectivity index (χ3n) is 4.12. The summed E-state index contributed by atoms with van der Waals surface area (Å²) in [6, 6.07) is 17.9. The number of nitrogens with zero attached hydrogens (tertiary/aromatic N) is 1. The van der Waals surface area contributed by atoms with E-state index in [1.807, 2.05) is 59.5 Å². The maximum absolute atomic E-state index is 12.5. The van der Waals surface area contributed by atoms with Crippen LogP contribution in [0.5, 0.6) is 0 Å². The normalized spacial score (nSPS) is 15.7. The molecule has 108 valence electrons. The van der Waals surface area contributed by atoms with Crippen molar-refractivity contribution in [2.45, 2.75) is 18.9 Å². The van der Waals surface area contributed by atoms with Crippen molar-refractivity contribution in [1.29, 1.82) is 0 Å². The monoisotopic (exact) mass is 280 g/mol. The summed E-state index contributed by atoms with van der Waals surface area (Å²) in [5.74, 6) is 0.136. The lowest BCUT2D eigenvalue weighted by Crippen LogP contribution is -2.39. The van der Waals surface area contributed by atoms with Gasteiger partial charge in [-0.1, -0.05) is 48.5 Å². The van der Waals surface area contributed by atoms with Crippen LogP contribution in [0.1, 0.15) is 33.9 Å². The average Bonchev–Trinajstić information content (AvgIpc) is 2.55. The van der Waals surface area contributed by atoms with Crippen molar-refractivity contribution in [1.82, 2.24) is 4.90 Å². The van der Waals surface area contributed by atoms with Crippen LogP contribution in [0.25, 0.3) is 0 Å². The van der Waals surface area contributed by atoms with Crippen molar-refractivity contribution in [3.05, 3.63) is 71.3 Å². The van der Waals surface area contributed by atoms with E-state index in [4.69, 9.17) is 5.73 Å². The number of rotatable bonds is 4. The Morgan fingerprint density at radius 3 is 2.57 bits per heavy atom. The van der Waals surface area contributed by atoms with E-state index in [1.165, 1.54) is 0 Å². The first kappa shape index (κ1) is 13.8. The van der Waals surface area contributed by atoms with Gasteiger partial charge in [0.1, 0.15) is 0 Å². The van der Waals surface area contributed by atoms with Gasteiger partial charge in [0.15, 0.2) is 0 Å². The highest BCUT2D eigenvalue weighted by atomic mass is 16.2. The second kappa shape index (κ2) is 6.10. The summed E-state index contributed by atoms with van der Waals surface area (Å²) in [5.41, 5.74) is 9.34. The lowest BCUT2D eigenvalue weighted by molar-refractivity contribution is 0.0735. The zero-order chi connectivity index (χ0) is 14.7. The third kappa shape index (κ3) is 2.98. The molecule has 0 saturated heterocycles. The van der Waals surface area contributed by atoms with Crippen molar-refractivity contribution >= 4 is 5.91 Å².